The van der Waals surface area contributed by atoms with Crippen LogP contribution >= 0.6 is 0 Å². The minimum Gasteiger partial charge on any atom is -0.454 e. The number of aryl methyl sites for hydroxylation is 2. The summed E-state index contributed by atoms with van der Waals surface area (Å²) >= 11 is 0. The molecule has 0 amide bonds. The lowest BCUT2D eigenvalue weighted by Gasteiger charge is -2.12. The van der Waals surface area contributed by atoms with Crippen molar-refractivity contribution >= 4 is 17.5 Å². The van der Waals surface area contributed by atoms with E-state index in [4.69, 9.17) is 4.74 Å². The van der Waals surface area contributed by atoms with E-state index >= 15 is 0 Å². The van der Waals surface area contributed by atoms with Gasteiger partial charge in [0.15, 0.2) is 11.9 Å². The molecular formula is C20H22FNO4. The van der Waals surface area contributed by atoms with E-state index in [1.807, 2.05) is 0 Å². The number of ketones is 2. The van der Waals surface area contributed by atoms with Crippen molar-refractivity contribution in [2.75, 3.05) is 0 Å². The highest BCUT2D eigenvalue weighted by molar-refractivity contribution is 6.05. The van der Waals surface area contributed by atoms with Gasteiger partial charge in [-0.25, -0.2) is 4.39 Å². The molecule has 1 aromatic carbocycles. The Morgan fingerprint density at radius 1 is 1.15 bits per heavy atom. The molecule has 0 bridgehead atoms. The number of nitrogens with one attached hydrogen (secondary N) is 1. The summed E-state index contributed by atoms with van der Waals surface area (Å²) in [6.45, 7) is 6.36. The zero-order valence-electron chi connectivity index (χ0n) is 15.3. The average molecular weight is 359 g/mol. The summed E-state index contributed by atoms with van der Waals surface area (Å²) in [5.41, 5.74) is 2.77. The molecule has 1 aromatic heterocycles. The quantitative estimate of drug-likeness (QED) is 0.604. The third-order valence-electron chi connectivity index (χ3n) is 4.24. The van der Waals surface area contributed by atoms with E-state index in [1.54, 1.807) is 26.0 Å². The molecule has 1 N–H and O–H groups in total. The van der Waals surface area contributed by atoms with Gasteiger partial charge in [-0.2, -0.15) is 0 Å². The van der Waals surface area contributed by atoms with Crippen LogP contribution in [0.1, 0.15) is 57.9 Å². The van der Waals surface area contributed by atoms with Crippen molar-refractivity contribution in [3.05, 3.63) is 58.2 Å². The highest BCUT2D eigenvalue weighted by Crippen LogP contribution is 2.20. The molecule has 0 saturated heterocycles. The SMILES string of the molecule is CC(=O)c1c(C)[nH]c(C(=O)[C@H](C)OC(=O)CCc2ccc(F)cc2)c1C. The molecule has 5 nitrogen and oxygen atoms in total. The molecule has 0 aliphatic rings. The molecule has 0 saturated carbocycles. The van der Waals surface area contributed by atoms with Gasteiger partial charge in [-0.1, -0.05) is 12.1 Å². The highest BCUT2D eigenvalue weighted by atomic mass is 19.1. The van der Waals surface area contributed by atoms with Crippen LogP contribution in [0.5, 0.6) is 0 Å². The monoisotopic (exact) mass is 359 g/mol. The topological polar surface area (TPSA) is 76.2 Å². The van der Waals surface area contributed by atoms with Crippen LogP contribution in [0.2, 0.25) is 0 Å². The maximum absolute atomic E-state index is 12.9. The van der Waals surface area contributed by atoms with Gasteiger partial charge >= 0.3 is 5.97 Å². The van der Waals surface area contributed by atoms with E-state index in [0.717, 1.165) is 5.56 Å². The Bertz CT molecular complexity index is 836. The van der Waals surface area contributed by atoms with Crippen molar-refractivity contribution < 1.29 is 23.5 Å². The second kappa shape index (κ2) is 8.08. The van der Waals surface area contributed by atoms with Crippen molar-refractivity contribution in [1.29, 1.82) is 0 Å². The number of aromatic amines is 1. The zero-order chi connectivity index (χ0) is 19.4. The van der Waals surface area contributed by atoms with Gasteiger partial charge in [-0.15, -0.1) is 0 Å². The van der Waals surface area contributed by atoms with Gasteiger partial charge in [-0.05, 0) is 57.4 Å². The van der Waals surface area contributed by atoms with Crippen molar-refractivity contribution in [2.24, 2.45) is 0 Å². The molecule has 1 heterocycles. The molecule has 0 unspecified atom stereocenters. The van der Waals surface area contributed by atoms with Crippen LogP contribution in [0, 0.1) is 19.7 Å². The summed E-state index contributed by atoms with van der Waals surface area (Å²) in [5.74, 6) is -1.35. The number of benzene rings is 1. The standard InChI is InChI=1S/C20H22FNO4/c1-11-18(13(3)23)12(2)22-19(11)20(25)14(4)26-17(24)10-7-15-5-8-16(21)9-6-15/h5-6,8-9,14,22H,7,10H2,1-4H3/t14-/m0/s1. The molecular weight excluding hydrogens is 337 g/mol. The molecule has 0 spiro atoms. The first-order chi connectivity index (χ1) is 12.2. The number of rotatable bonds is 7. The van der Waals surface area contributed by atoms with Gasteiger partial charge in [0.2, 0.25) is 5.78 Å². The summed E-state index contributed by atoms with van der Waals surface area (Å²) in [7, 11) is 0. The fourth-order valence-corrected chi connectivity index (χ4v) is 2.93. The van der Waals surface area contributed by atoms with Gasteiger partial charge < -0.3 is 9.72 Å². The number of hydrogen-bond acceptors (Lipinski definition) is 4. The van der Waals surface area contributed by atoms with E-state index in [9.17, 15) is 18.8 Å². The highest BCUT2D eigenvalue weighted by Gasteiger charge is 2.25. The Kier molecular flexibility index (Phi) is 6.08. The van der Waals surface area contributed by atoms with E-state index in [1.165, 1.54) is 26.0 Å². The average Bonchev–Trinajstić information content (AvgIpc) is 2.88. The molecule has 2 aromatic rings. The van der Waals surface area contributed by atoms with E-state index in [0.29, 0.717) is 23.2 Å². The van der Waals surface area contributed by atoms with E-state index in [-0.39, 0.29) is 29.5 Å². The van der Waals surface area contributed by atoms with Gasteiger partial charge in [0.1, 0.15) is 5.82 Å². The first-order valence-corrected chi connectivity index (χ1v) is 8.39. The number of halogens is 1. The lowest BCUT2D eigenvalue weighted by Crippen LogP contribution is -2.25. The van der Waals surface area contributed by atoms with Gasteiger partial charge in [0.05, 0.1) is 5.69 Å². The van der Waals surface area contributed by atoms with Gasteiger partial charge in [-0.3, -0.25) is 14.4 Å². The molecule has 2 rings (SSSR count). The second-order valence-electron chi connectivity index (χ2n) is 6.30. The van der Waals surface area contributed by atoms with Crippen LogP contribution in [0.3, 0.4) is 0 Å². The Balaban J connectivity index is 1.98. The summed E-state index contributed by atoms with van der Waals surface area (Å²) < 4.78 is 18.1. The predicted octanol–water partition coefficient (Wildman–Crippen LogP) is 3.72. The van der Waals surface area contributed by atoms with E-state index in [2.05, 4.69) is 4.98 Å². The summed E-state index contributed by atoms with van der Waals surface area (Å²) in [6, 6.07) is 5.86. The summed E-state index contributed by atoms with van der Waals surface area (Å²) in [6.07, 6.45) is -0.480. The normalized spacial score (nSPS) is 11.9. The minimum atomic E-state index is -0.965. The summed E-state index contributed by atoms with van der Waals surface area (Å²) in [4.78, 5) is 39.1. The molecule has 1 atom stereocenters. The number of esters is 1. The van der Waals surface area contributed by atoms with Gasteiger partial charge in [0.25, 0.3) is 0 Å². The molecule has 6 heteroatoms. The Morgan fingerprint density at radius 2 is 1.77 bits per heavy atom. The molecule has 138 valence electrons. The van der Waals surface area contributed by atoms with Crippen LogP contribution < -0.4 is 0 Å². The fraction of sp³-hybridized carbons (Fsp3) is 0.350. The number of carbonyl (C=O) groups is 3. The Hall–Kier alpha value is -2.76. The summed E-state index contributed by atoms with van der Waals surface area (Å²) in [5, 5.41) is 0. The number of Topliss-reactive ketones (excluding diaryl/α,β-unsaturated/α-hetero) is 2. The number of aromatic nitrogens is 1. The number of hydrogen-bond donors (Lipinski definition) is 1. The minimum absolute atomic E-state index is 0.0880. The lowest BCUT2D eigenvalue weighted by molar-refractivity contribution is -0.146. The van der Waals surface area contributed by atoms with Crippen LogP contribution in [0.15, 0.2) is 24.3 Å². The third kappa shape index (κ3) is 4.45. The number of carbonyl (C=O) groups excluding carboxylic acids is 3. The van der Waals surface area contributed by atoms with Crippen molar-refractivity contribution in [3.8, 4) is 0 Å². The first-order valence-electron chi connectivity index (χ1n) is 8.39. The molecule has 0 fully saturated rings. The molecule has 0 radical (unpaired) electrons. The first kappa shape index (κ1) is 19.6. The number of H-pyrrole nitrogens is 1. The van der Waals surface area contributed by atoms with Crippen LogP contribution in [0.25, 0.3) is 0 Å². The smallest absolute Gasteiger partial charge is 0.306 e. The fourth-order valence-electron chi connectivity index (χ4n) is 2.93. The third-order valence-corrected chi connectivity index (χ3v) is 4.24. The maximum atomic E-state index is 12.9. The predicted molar refractivity (Wildman–Crippen MR) is 94.9 cm³/mol. The van der Waals surface area contributed by atoms with Crippen molar-refractivity contribution in [3.63, 3.8) is 0 Å². The largest absolute Gasteiger partial charge is 0.454 e. The Morgan fingerprint density at radius 3 is 2.31 bits per heavy atom. The van der Waals surface area contributed by atoms with E-state index < -0.39 is 12.1 Å². The van der Waals surface area contributed by atoms with Crippen LogP contribution in [-0.4, -0.2) is 28.6 Å². The molecule has 0 aliphatic heterocycles. The second-order valence-corrected chi connectivity index (χ2v) is 6.30. The van der Waals surface area contributed by atoms with Crippen LogP contribution in [0.4, 0.5) is 4.39 Å². The molecule has 0 aliphatic carbocycles. The lowest BCUT2D eigenvalue weighted by atomic mass is 10.0. The van der Waals surface area contributed by atoms with Gasteiger partial charge in [0, 0.05) is 17.7 Å². The van der Waals surface area contributed by atoms with Crippen molar-refractivity contribution in [2.45, 2.75) is 46.6 Å². The zero-order valence-corrected chi connectivity index (χ0v) is 15.3. The Labute approximate surface area is 151 Å². The maximum Gasteiger partial charge on any atom is 0.306 e. The van der Waals surface area contributed by atoms with Crippen molar-refractivity contribution in [1.82, 2.24) is 4.98 Å². The number of ether oxygens (including phenoxy) is 1. The van der Waals surface area contributed by atoms with Crippen LogP contribution in [-0.2, 0) is 16.0 Å². The molecule has 26 heavy (non-hydrogen) atoms.